The molecule has 0 bridgehead atoms. The molecule has 1 aromatic carbocycles. The van der Waals surface area contributed by atoms with Gasteiger partial charge in [-0.25, -0.2) is 0 Å². The van der Waals surface area contributed by atoms with Gasteiger partial charge in [0.15, 0.2) is 0 Å². The number of nitrogens with zero attached hydrogens (tertiary/aromatic N) is 1. The summed E-state index contributed by atoms with van der Waals surface area (Å²) >= 11 is 0. The van der Waals surface area contributed by atoms with Crippen LogP contribution >= 0.6 is 0 Å². The van der Waals surface area contributed by atoms with Crippen LogP contribution in [0.5, 0.6) is 0 Å². The first kappa shape index (κ1) is 23.7. The molecule has 1 heterocycles. The molecule has 1 saturated heterocycles. The molecular weight excluding hydrogens is 400 g/mol. The van der Waals surface area contributed by atoms with Crippen molar-refractivity contribution in [3.63, 3.8) is 0 Å². The van der Waals surface area contributed by atoms with E-state index in [0.717, 1.165) is 70.8 Å². The van der Waals surface area contributed by atoms with Gasteiger partial charge in [0, 0.05) is 38.5 Å². The first-order valence-electron chi connectivity index (χ1n) is 12.4. The lowest BCUT2D eigenvalue weighted by molar-refractivity contribution is 0.0385. The zero-order valence-electron chi connectivity index (χ0n) is 19.5. The molecule has 32 heavy (non-hydrogen) atoms. The lowest BCUT2D eigenvalue weighted by Gasteiger charge is -2.26. The average molecular weight is 441 g/mol. The van der Waals surface area contributed by atoms with Gasteiger partial charge in [-0.3, -0.25) is 4.90 Å². The summed E-state index contributed by atoms with van der Waals surface area (Å²) in [6, 6.07) is 8.30. The van der Waals surface area contributed by atoms with Crippen LogP contribution in [0.1, 0.15) is 30.4 Å². The van der Waals surface area contributed by atoms with Gasteiger partial charge < -0.3 is 20.3 Å². The Kier molecular flexibility index (Phi) is 8.55. The van der Waals surface area contributed by atoms with Crippen LogP contribution in [0.25, 0.3) is 0 Å². The van der Waals surface area contributed by atoms with E-state index in [1.165, 1.54) is 11.1 Å². The van der Waals surface area contributed by atoms with Crippen molar-refractivity contribution in [1.29, 1.82) is 0 Å². The molecule has 0 unspecified atom stereocenters. The predicted molar refractivity (Wildman–Crippen MR) is 129 cm³/mol. The normalized spacial score (nSPS) is 29.4. The second kappa shape index (κ2) is 11.6. The molecule has 0 aromatic heterocycles. The van der Waals surface area contributed by atoms with Crippen molar-refractivity contribution in [3.05, 3.63) is 59.2 Å². The zero-order valence-corrected chi connectivity index (χ0v) is 19.5. The number of rotatable bonds is 10. The van der Waals surface area contributed by atoms with Crippen LogP contribution in [0.3, 0.4) is 0 Å². The molecule has 1 aromatic rings. The first-order valence-corrected chi connectivity index (χ1v) is 12.4. The molecule has 5 atom stereocenters. The topological polar surface area (TPSA) is 65.0 Å². The van der Waals surface area contributed by atoms with Crippen LogP contribution in [0.4, 0.5) is 0 Å². The maximum absolute atomic E-state index is 10.6. The molecule has 1 saturated carbocycles. The number of hydrogen-bond acceptors (Lipinski definition) is 5. The molecule has 0 spiro atoms. The highest BCUT2D eigenvalue weighted by Crippen LogP contribution is 2.47. The van der Waals surface area contributed by atoms with E-state index in [1.54, 1.807) is 0 Å². The van der Waals surface area contributed by atoms with Crippen LogP contribution in [0.15, 0.2) is 48.1 Å². The number of hydrogen-bond donors (Lipinski definition) is 3. The number of ether oxygens (including phenoxy) is 1. The maximum Gasteiger partial charge on any atom is 0.0761 e. The van der Waals surface area contributed by atoms with Crippen LogP contribution < -0.4 is 5.32 Å². The van der Waals surface area contributed by atoms with Gasteiger partial charge >= 0.3 is 0 Å². The lowest BCUT2D eigenvalue weighted by Crippen LogP contribution is -2.40. The second-order valence-electron chi connectivity index (χ2n) is 9.84. The standard InChI is InChI=1S/C27H40N2O3/c1-20-3-2-4-21(15-20)17-24(30)5-6-25-26-18-22(16-23(26)19-27(25)31)7-8-28-9-10-29-11-13-32-14-12-29/h2-6,15-16,23-28,30-31H,7-14,17-19H2,1H3/b6-5+/t23-,24+,25+,26-,27+/m0/s1. The summed E-state index contributed by atoms with van der Waals surface area (Å²) in [4.78, 5) is 2.46. The van der Waals surface area contributed by atoms with Crippen molar-refractivity contribution < 1.29 is 14.9 Å². The Morgan fingerprint density at radius 2 is 2.09 bits per heavy atom. The van der Waals surface area contributed by atoms with Gasteiger partial charge in [0.1, 0.15) is 0 Å². The Balaban J connectivity index is 1.19. The van der Waals surface area contributed by atoms with Gasteiger partial charge in [-0.2, -0.15) is 0 Å². The van der Waals surface area contributed by atoms with E-state index in [9.17, 15) is 10.2 Å². The van der Waals surface area contributed by atoms with Gasteiger partial charge in [0.2, 0.25) is 0 Å². The fourth-order valence-electron chi connectivity index (χ4n) is 5.63. The summed E-state index contributed by atoms with van der Waals surface area (Å²) < 4.78 is 5.40. The molecule has 1 aliphatic heterocycles. The highest BCUT2D eigenvalue weighted by Gasteiger charge is 2.43. The number of aryl methyl sites for hydroxylation is 1. The molecule has 0 amide bonds. The Morgan fingerprint density at radius 1 is 1.25 bits per heavy atom. The third kappa shape index (κ3) is 6.52. The summed E-state index contributed by atoms with van der Waals surface area (Å²) in [5, 5.41) is 24.7. The molecule has 176 valence electrons. The molecule has 3 N–H and O–H groups in total. The summed E-state index contributed by atoms with van der Waals surface area (Å²) in [5.74, 6) is 1.11. The van der Waals surface area contributed by atoms with E-state index in [2.05, 4.69) is 47.5 Å². The largest absolute Gasteiger partial charge is 0.392 e. The third-order valence-electron chi connectivity index (χ3n) is 7.36. The van der Waals surface area contributed by atoms with Crippen molar-refractivity contribution in [3.8, 4) is 0 Å². The minimum Gasteiger partial charge on any atom is -0.392 e. The smallest absolute Gasteiger partial charge is 0.0761 e. The minimum absolute atomic E-state index is 0.148. The maximum atomic E-state index is 10.6. The molecule has 5 nitrogen and oxygen atoms in total. The Labute approximate surface area is 193 Å². The van der Waals surface area contributed by atoms with Gasteiger partial charge in [0.05, 0.1) is 25.4 Å². The average Bonchev–Trinajstić information content (AvgIpc) is 3.29. The van der Waals surface area contributed by atoms with Crippen molar-refractivity contribution in [2.24, 2.45) is 17.8 Å². The molecule has 5 heteroatoms. The number of morpholine rings is 1. The molecule has 3 aliphatic rings. The van der Waals surface area contributed by atoms with Gasteiger partial charge in [-0.1, -0.05) is 53.6 Å². The lowest BCUT2D eigenvalue weighted by atomic mass is 9.88. The van der Waals surface area contributed by atoms with Crippen LogP contribution in [0.2, 0.25) is 0 Å². The molecule has 2 fully saturated rings. The van der Waals surface area contributed by atoms with Gasteiger partial charge in [-0.15, -0.1) is 0 Å². The number of aliphatic hydroxyl groups is 2. The Morgan fingerprint density at radius 3 is 2.91 bits per heavy atom. The SMILES string of the molecule is Cc1cccc(C[C@H](O)/C=C/[C@@H]2[C@H]3CC(CCNCCN4CCOCC4)=C[C@H]3C[C@H]2O)c1. The summed E-state index contributed by atoms with van der Waals surface area (Å²) in [6.45, 7) is 9.04. The van der Waals surface area contributed by atoms with Crippen molar-refractivity contribution in [1.82, 2.24) is 10.2 Å². The van der Waals surface area contributed by atoms with Crippen LogP contribution in [0, 0.1) is 24.7 Å². The van der Waals surface area contributed by atoms with E-state index in [-0.39, 0.29) is 12.0 Å². The fraction of sp³-hybridized carbons (Fsp3) is 0.630. The molecule has 0 radical (unpaired) electrons. The number of nitrogens with one attached hydrogen (secondary N) is 1. The van der Waals surface area contributed by atoms with Crippen LogP contribution in [-0.2, 0) is 11.2 Å². The quantitative estimate of drug-likeness (QED) is 0.386. The van der Waals surface area contributed by atoms with E-state index >= 15 is 0 Å². The van der Waals surface area contributed by atoms with Crippen molar-refractivity contribution in [2.75, 3.05) is 45.9 Å². The molecule has 2 aliphatic carbocycles. The molecule has 4 rings (SSSR count). The zero-order chi connectivity index (χ0) is 22.3. The number of allylic oxidation sites excluding steroid dienone is 1. The molecular formula is C27H40N2O3. The van der Waals surface area contributed by atoms with Crippen molar-refractivity contribution in [2.45, 2.75) is 44.8 Å². The van der Waals surface area contributed by atoms with Crippen LogP contribution in [-0.4, -0.2) is 73.3 Å². The van der Waals surface area contributed by atoms with Gasteiger partial charge in [-0.05, 0) is 50.1 Å². The fourth-order valence-corrected chi connectivity index (χ4v) is 5.63. The summed E-state index contributed by atoms with van der Waals surface area (Å²) in [7, 11) is 0. The predicted octanol–water partition coefficient (Wildman–Crippen LogP) is 2.71. The second-order valence-corrected chi connectivity index (χ2v) is 9.84. The van der Waals surface area contributed by atoms with Gasteiger partial charge in [0.25, 0.3) is 0 Å². The Hall–Kier alpha value is -1.50. The van der Waals surface area contributed by atoms with E-state index in [1.807, 2.05) is 12.1 Å². The van der Waals surface area contributed by atoms with E-state index in [4.69, 9.17) is 4.74 Å². The third-order valence-corrected chi connectivity index (χ3v) is 7.36. The first-order chi connectivity index (χ1) is 15.6. The minimum atomic E-state index is -0.507. The number of benzene rings is 1. The summed E-state index contributed by atoms with van der Waals surface area (Å²) in [5.41, 5.74) is 3.90. The highest BCUT2D eigenvalue weighted by molar-refractivity contribution is 5.24. The van der Waals surface area contributed by atoms with E-state index < -0.39 is 6.10 Å². The van der Waals surface area contributed by atoms with Crippen molar-refractivity contribution >= 4 is 0 Å². The highest BCUT2D eigenvalue weighted by atomic mass is 16.5. The van der Waals surface area contributed by atoms with E-state index in [0.29, 0.717) is 18.3 Å². The Bertz CT molecular complexity index is 787. The number of aliphatic hydroxyl groups excluding tert-OH is 2. The summed E-state index contributed by atoms with van der Waals surface area (Å²) in [6.07, 6.45) is 9.26. The monoisotopic (exact) mass is 440 g/mol. The number of fused-ring (bicyclic) bond motifs is 1.